The zero-order valence-corrected chi connectivity index (χ0v) is 11.4. The van der Waals surface area contributed by atoms with Crippen molar-refractivity contribution in [1.82, 2.24) is 5.43 Å². The van der Waals surface area contributed by atoms with Crippen LogP contribution in [0.1, 0.15) is 16.9 Å². The molecule has 0 aliphatic carbocycles. The first-order chi connectivity index (χ1) is 9.65. The molecule has 0 spiro atoms. The number of furan rings is 1. The highest BCUT2D eigenvalue weighted by molar-refractivity contribution is 5.81. The maximum absolute atomic E-state index is 11.6. The largest absolute Gasteiger partial charge is 0.483 e. The number of hydrogen-bond acceptors (Lipinski definition) is 4. The molecule has 2 rings (SSSR count). The van der Waals surface area contributed by atoms with Crippen molar-refractivity contribution in [1.29, 1.82) is 0 Å². The molecule has 1 aromatic carbocycles. The summed E-state index contributed by atoms with van der Waals surface area (Å²) in [5.41, 5.74) is 4.44. The average Bonchev–Trinajstić information content (AvgIpc) is 2.93. The molecule has 0 saturated carbocycles. The number of nitrogens with zero attached hydrogens (tertiary/aromatic N) is 1. The van der Waals surface area contributed by atoms with Crippen LogP contribution in [0.2, 0.25) is 0 Å². The van der Waals surface area contributed by atoms with Crippen LogP contribution in [0.3, 0.4) is 0 Å². The van der Waals surface area contributed by atoms with Crippen molar-refractivity contribution >= 4 is 12.1 Å². The predicted octanol–water partition coefficient (Wildman–Crippen LogP) is 2.43. The Balaban J connectivity index is 1.82. The van der Waals surface area contributed by atoms with Crippen molar-refractivity contribution in [3.8, 4) is 5.75 Å². The fourth-order valence-corrected chi connectivity index (χ4v) is 1.57. The Bertz CT molecular complexity index is 604. The summed E-state index contributed by atoms with van der Waals surface area (Å²) in [4.78, 5) is 11.6. The van der Waals surface area contributed by atoms with E-state index < -0.39 is 0 Å². The minimum Gasteiger partial charge on any atom is -0.483 e. The number of aryl methyl sites for hydroxylation is 2. The van der Waals surface area contributed by atoms with E-state index in [0.717, 1.165) is 11.1 Å². The lowest BCUT2D eigenvalue weighted by molar-refractivity contribution is -0.123. The van der Waals surface area contributed by atoms with Gasteiger partial charge in [-0.15, -0.1) is 0 Å². The first kappa shape index (κ1) is 13.9. The Morgan fingerprint density at radius 1 is 1.40 bits per heavy atom. The Kier molecular flexibility index (Phi) is 4.55. The second-order valence-electron chi connectivity index (χ2n) is 4.37. The number of amides is 1. The molecule has 1 N–H and O–H groups in total. The van der Waals surface area contributed by atoms with Crippen molar-refractivity contribution in [2.45, 2.75) is 13.8 Å². The van der Waals surface area contributed by atoms with Crippen LogP contribution >= 0.6 is 0 Å². The van der Waals surface area contributed by atoms with Crippen LogP contribution in [0.25, 0.3) is 0 Å². The second-order valence-corrected chi connectivity index (χ2v) is 4.37. The number of benzene rings is 1. The molecule has 0 unspecified atom stereocenters. The maximum Gasteiger partial charge on any atom is 0.277 e. The number of nitrogens with one attached hydrogen (secondary N) is 1. The van der Waals surface area contributed by atoms with E-state index >= 15 is 0 Å². The van der Waals surface area contributed by atoms with Gasteiger partial charge in [0.15, 0.2) is 6.61 Å². The lowest BCUT2D eigenvalue weighted by atomic mass is 10.1. The van der Waals surface area contributed by atoms with Crippen molar-refractivity contribution in [2.24, 2.45) is 5.10 Å². The standard InChI is InChI=1S/C15H16N2O3/c1-11-5-6-12(2)14(8-11)20-10-15(18)17-16-9-13-4-3-7-19-13/h3-9H,10H2,1-2H3,(H,17,18)/b16-9-. The fraction of sp³-hybridized carbons (Fsp3) is 0.200. The molecule has 0 atom stereocenters. The van der Waals surface area contributed by atoms with Crippen molar-refractivity contribution in [2.75, 3.05) is 6.61 Å². The predicted molar refractivity (Wildman–Crippen MR) is 75.9 cm³/mol. The highest BCUT2D eigenvalue weighted by atomic mass is 16.5. The van der Waals surface area contributed by atoms with Gasteiger partial charge in [0.1, 0.15) is 11.5 Å². The van der Waals surface area contributed by atoms with Crippen LogP contribution in [0.4, 0.5) is 0 Å². The summed E-state index contributed by atoms with van der Waals surface area (Å²) < 4.78 is 10.5. The van der Waals surface area contributed by atoms with Crippen molar-refractivity contribution in [3.63, 3.8) is 0 Å². The molecule has 1 heterocycles. The second kappa shape index (κ2) is 6.56. The van der Waals surface area contributed by atoms with Crippen LogP contribution in [0.5, 0.6) is 5.75 Å². The Morgan fingerprint density at radius 2 is 2.25 bits per heavy atom. The minimum absolute atomic E-state index is 0.0835. The van der Waals surface area contributed by atoms with E-state index in [4.69, 9.17) is 9.15 Å². The smallest absolute Gasteiger partial charge is 0.277 e. The summed E-state index contributed by atoms with van der Waals surface area (Å²) in [5.74, 6) is 0.949. The third kappa shape index (κ3) is 3.98. The van der Waals surface area contributed by atoms with Gasteiger partial charge in [0, 0.05) is 0 Å². The van der Waals surface area contributed by atoms with Gasteiger partial charge in [-0.25, -0.2) is 5.43 Å². The van der Waals surface area contributed by atoms with E-state index in [1.54, 1.807) is 12.1 Å². The number of hydrogen-bond donors (Lipinski definition) is 1. The Morgan fingerprint density at radius 3 is 3.00 bits per heavy atom. The number of rotatable bonds is 5. The third-order valence-electron chi connectivity index (χ3n) is 2.63. The molecule has 2 aromatic rings. The third-order valence-corrected chi connectivity index (χ3v) is 2.63. The fourth-order valence-electron chi connectivity index (χ4n) is 1.57. The molecule has 1 amide bonds. The Hall–Kier alpha value is -2.56. The van der Waals surface area contributed by atoms with E-state index in [0.29, 0.717) is 11.5 Å². The number of carbonyl (C=O) groups is 1. The van der Waals surface area contributed by atoms with Crippen LogP contribution in [-0.4, -0.2) is 18.7 Å². The summed E-state index contributed by atoms with van der Waals surface area (Å²) >= 11 is 0. The maximum atomic E-state index is 11.6. The monoisotopic (exact) mass is 272 g/mol. The van der Waals surface area contributed by atoms with E-state index in [-0.39, 0.29) is 12.5 Å². The molecule has 0 aliphatic heterocycles. The molecule has 20 heavy (non-hydrogen) atoms. The lowest BCUT2D eigenvalue weighted by Gasteiger charge is -2.08. The van der Waals surface area contributed by atoms with E-state index in [9.17, 15) is 4.79 Å². The highest BCUT2D eigenvalue weighted by Gasteiger charge is 2.04. The number of hydrazone groups is 1. The Labute approximate surface area is 117 Å². The first-order valence-electron chi connectivity index (χ1n) is 6.20. The van der Waals surface area contributed by atoms with Crippen LogP contribution < -0.4 is 10.2 Å². The van der Waals surface area contributed by atoms with Gasteiger partial charge in [-0.2, -0.15) is 5.10 Å². The first-order valence-corrected chi connectivity index (χ1v) is 6.20. The van der Waals surface area contributed by atoms with Gasteiger partial charge < -0.3 is 9.15 Å². The van der Waals surface area contributed by atoms with Crippen LogP contribution in [0, 0.1) is 13.8 Å². The molecule has 0 fully saturated rings. The summed E-state index contributed by atoms with van der Waals surface area (Å²) in [6.07, 6.45) is 2.96. The van der Waals surface area contributed by atoms with Gasteiger partial charge in [0.2, 0.25) is 0 Å². The molecular weight excluding hydrogens is 256 g/mol. The number of carbonyl (C=O) groups excluding carboxylic acids is 1. The molecule has 1 aromatic heterocycles. The topological polar surface area (TPSA) is 63.8 Å². The molecular formula is C15H16N2O3. The quantitative estimate of drug-likeness (QED) is 0.671. The molecule has 0 aliphatic rings. The van der Waals surface area contributed by atoms with E-state index in [1.165, 1.54) is 12.5 Å². The molecule has 0 bridgehead atoms. The summed E-state index contributed by atoms with van der Waals surface area (Å²) in [6, 6.07) is 9.33. The van der Waals surface area contributed by atoms with Gasteiger partial charge >= 0.3 is 0 Å². The molecule has 5 heteroatoms. The molecule has 0 radical (unpaired) electrons. The average molecular weight is 272 g/mol. The van der Waals surface area contributed by atoms with Gasteiger partial charge in [0.25, 0.3) is 5.91 Å². The van der Waals surface area contributed by atoms with Crippen LogP contribution in [-0.2, 0) is 4.79 Å². The lowest BCUT2D eigenvalue weighted by Crippen LogP contribution is -2.24. The molecule has 104 valence electrons. The minimum atomic E-state index is -0.325. The summed E-state index contributed by atoms with van der Waals surface area (Å²) in [7, 11) is 0. The van der Waals surface area contributed by atoms with E-state index in [2.05, 4.69) is 10.5 Å². The van der Waals surface area contributed by atoms with Gasteiger partial charge in [0.05, 0.1) is 12.5 Å². The zero-order valence-electron chi connectivity index (χ0n) is 11.4. The van der Waals surface area contributed by atoms with Gasteiger partial charge in [-0.3, -0.25) is 4.79 Å². The van der Waals surface area contributed by atoms with Crippen molar-refractivity contribution in [3.05, 3.63) is 53.5 Å². The van der Waals surface area contributed by atoms with Crippen LogP contribution in [0.15, 0.2) is 46.1 Å². The molecule has 0 saturated heterocycles. The molecule has 5 nitrogen and oxygen atoms in total. The summed E-state index contributed by atoms with van der Waals surface area (Å²) in [5, 5.41) is 3.77. The normalized spacial score (nSPS) is 10.7. The SMILES string of the molecule is Cc1ccc(C)c(OCC(=O)N/N=C\c2ccco2)c1. The highest BCUT2D eigenvalue weighted by Crippen LogP contribution is 2.18. The summed E-state index contributed by atoms with van der Waals surface area (Å²) in [6.45, 7) is 3.82. The van der Waals surface area contributed by atoms with E-state index in [1.807, 2.05) is 32.0 Å². The van der Waals surface area contributed by atoms with Crippen molar-refractivity contribution < 1.29 is 13.9 Å². The van der Waals surface area contributed by atoms with Gasteiger partial charge in [-0.1, -0.05) is 12.1 Å². The number of ether oxygens (including phenoxy) is 1. The zero-order chi connectivity index (χ0) is 14.4. The van der Waals surface area contributed by atoms with Gasteiger partial charge in [-0.05, 0) is 43.2 Å².